The number of carboxylic acids is 1. The summed E-state index contributed by atoms with van der Waals surface area (Å²) in [6.45, 7) is 4.23. The third kappa shape index (κ3) is 36.8. The number of hydrogen-bond acceptors (Lipinski definition) is 7. The summed E-state index contributed by atoms with van der Waals surface area (Å²) in [5, 5.41) is 11.6. The van der Waals surface area contributed by atoms with E-state index in [1.807, 2.05) is 72.9 Å². The highest BCUT2D eigenvalue weighted by Gasteiger charge is 2.25. The van der Waals surface area contributed by atoms with E-state index in [1.165, 1.54) is 0 Å². The number of aliphatic carboxylic acids is 1. The molecule has 0 aromatic carbocycles. The molecule has 57 heavy (non-hydrogen) atoms. The summed E-state index contributed by atoms with van der Waals surface area (Å²) in [5.41, 5.74) is 0. The number of carbonyl (C=O) groups is 3. The Morgan fingerprint density at radius 2 is 1.05 bits per heavy atom. The number of likely N-dealkylation sites (N-methyl/N-ethyl adjacent to an activating group) is 1. The maximum Gasteiger partial charge on any atom is 0.306 e. The van der Waals surface area contributed by atoms with Gasteiger partial charge in [0.1, 0.15) is 12.6 Å². The molecule has 0 amide bonds. The van der Waals surface area contributed by atoms with Gasteiger partial charge in [0, 0.05) is 19.3 Å². The molecular weight excluding hydrogens is 715 g/mol. The molecule has 0 saturated heterocycles. The first kappa shape index (κ1) is 52.5. The predicted molar refractivity (Wildman–Crippen MR) is 235 cm³/mol. The van der Waals surface area contributed by atoms with Gasteiger partial charge in [0.25, 0.3) is 0 Å². The second kappa shape index (κ2) is 38.3. The van der Waals surface area contributed by atoms with Crippen LogP contribution in [0.4, 0.5) is 0 Å². The lowest BCUT2D eigenvalue weighted by molar-refractivity contribution is -0.889. The van der Waals surface area contributed by atoms with E-state index in [-0.39, 0.29) is 49.5 Å². The fraction of sp³-hybridized carbons (Fsp3) is 0.490. The molecule has 2 atom stereocenters. The van der Waals surface area contributed by atoms with Gasteiger partial charge in [-0.1, -0.05) is 154 Å². The van der Waals surface area contributed by atoms with E-state index in [0.717, 1.165) is 57.8 Å². The fourth-order valence-corrected chi connectivity index (χ4v) is 5.03. The summed E-state index contributed by atoms with van der Waals surface area (Å²) in [4.78, 5) is 36.8. The third-order valence-corrected chi connectivity index (χ3v) is 8.21. The minimum absolute atomic E-state index is 0.0147. The van der Waals surface area contributed by atoms with Crippen molar-refractivity contribution >= 4 is 17.9 Å². The zero-order valence-electron chi connectivity index (χ0n) is 35.7. The van der Waals surface area contributed by atoms with Crippen LogP contribution in [-0.4, -0.2) is 75.5 Å². The van der Waals surface area contributed by atoms with Gasteiger partial charge in [0.2, 0.25) is 0 Å². The van der Waals surface area contributed by atoms with Gasteiger partial charge in [-0.05, 0) is 64.2 Å². The monoisotopic (exact) mass is 788 g/mol. The first-order chi connectivity index (χ1) is 27.6. The lowest BCUT2D eigenvalue weighted by Gasteiger charge is -2.34. The molecule has 2 unspecified atom stereocenters. The molecule has 0 aromatic rings. The number of hydrogen-bond donors (Lipinski definition) is 0. The second-order valence-corrected chi connectivity index (χ2v) is 14.3. The van der Waals surface area contributed by atoms with Crippen LogP contribution in [0.2, 0.25) is 0 Å². The number of ether oxygens (including phenoxy) is 3. The Kier molecular flexibility index (Phi) is 35.3. The molecule has 0 saturated carbocycles. The number of nitrogens with zero attached hydrogens (tertiary/aromatic N) is 1. The zero-order valence-corrected chi connectivity index (χ0v) is 35.7. The molecule has 0 aliphatic heterocycles. The lowest BCUT2D eigenvalue weighted by atomic mass is 10.1. The van der Waals surface area contributed by atoms with Gasteiger partial charge < -0.3 is 28.6 Å². The van der Waals surface area contributed by atoms with Crippen LogP contribution in [0.5, 0.6) is 0 Å². The van der Waals surface area contributed by atoms with Crippen LogP contribution in [0, 0.1) is 0 Å². The van der Waals surface area contributed by atoms with Gasteiger partial charge in [-0.3, -0.25) is 9.59 Å². The van der Waals surface area contributed by atoms with Gasteiger partial charge in [0.15, 0.2) is 6.10 Å². The number of unbranched alkanes of at least 4 members (excludes halogenated alkanes) is 3. The fourth-order valence-electron chi connectivity index (χ4n) is 5.03. The SMILES string of the molecule is CC/C=C/C=C/C=C/C=C/C=C/C=C/CCCCCC(=O)OCC(COCCC(C(=O)[O-])[N+](C)(C)C)OC(=O)CC/C=C/C/C=C/C/C=C/C/C=C/C/C=C/CC. The number of carboxylic acid groups (broad SMARTS) is 1. The lowest BCUT2D eigenvalue weighted by Crippen LogP contribution is -2.55. The molecule has 0 fully saturated rings. The largest absolute Gasteiger partial charge is 0.544 e. The van der Waals surface area contributed by atoms with E-state index in [0.29, 0.717) is 12.8 Å². The van der Waals surface area contributed by atoms with Crippen molar-refractivity contribution in [2.24, 2.45) is 0 Å². The Morgan fingerprint density at radius 1 is 0.544 bits per heavy atom. The average molecular weight is 788 g/mol. The predicted octanol–water partition coefficient (Wildman–Crippen LogP) is 9.90. The molecule has 0 aliphatic carbocycles. The number of carbonyl (C=O) groups excluding carboxylic acids is 3. The Labute approximate surface area is 345 Å². The van der Waals surface area contributed by atoms with Gasteiger partial charge in [-0.2, -0.15) is 0 Å². The molecular formula is C49H73NO7. The Balaban J connectivity index is 4.63. The van der Waals surface area contributed by atoms with Crippen LogP contribution in [0.15, 0.2) is 134 Å². The first-order valence-electron chi connectivity index (χ1n) is 20.8. The van der Waals surface area contributed by atoms with Crippen molar-refractivity contribution < 1.29 is 38.2 Å². The average Bonchev–Trinajstić information content (AvgIpc) is 3.17. The van der Waals surface area contributed by atoms with E-state index in [2.05, 4.69) is 74.6 Å². The van der Waals surface area contributed by atoms with E-state index < -0.39 is 24.1 Å². The number of allylic oxidation sites excluding steroid dienone is 22. The van der Waals surface area contributed by atoms with Crippen molar-refractivity contribution in [1.29, 1.82) is 0 Å². The van der Waals surface area contributed by atoms with Crippen LogP contribution in [0.25, 0.3) is 0 Å². The van der Waals surface area contributed by atoms with Crippen LogP contribution < -0.4 is 5.11 Å². The van der Waals surface area contributed by atoms with Crippen molar-refractivity contribution in [3.63, 3.8) is 0 Å². The van der Waals surface area contributed by atoms with Crippen LogP contribution in [0.1, 0.15) is 104 Å². The summed E-state index contributed by atoms with van der Waals surface area (Å²) >= 11 is 0. The number of rotatable bonds is 34. The minimum atomic E-state index is -1.15. The van der Waals surface area contributed by atoms with Crippen molar-refractivity contribution in [1.82, 2.24) is 0 Å². The Hall–Kier alpha value is -4.53. The molecule has 0 spiro atoms. The molecule has 0 aliphatic rings. The standard InChI is InChI=1S/C49H73NO7/c1-6-8-10-12-14-16-18-20-22-24-26-27-29-31-33-35-37-39-47(51)56-44-45(43-55-42-41-46(49(53)54)50(3,4)5)57-48(52)40-38-36-34-32-30-28-25-23-21-19-17-15-13-11-9-7-2/h8-12,14-18,20-24,26-30,34,36,45-46H,6-7,13,19,25,31-33,35,37-44H2,1-5H3/b10-8+,11-9+,14-12+,17-15+,18-16+,22-20+,23-21+,26-24+,29-27+,30-28+,36-34+. The number of esters is 2. The summed E-state index contributed by atoms with van der Waals surface area (Å²) in [6, 6.07) is -0.755. The topological polar surface area (TPSA) is 102 Å². The summed E-state index contributed by atoms with van der Waals surface area (Å²) in [7, 11) is 5.34. The van der Waals surface area contributed by atoms with Gasteiger partial charge in [0.05, 0.1) is 40.3 Å². The molecule has 8 nitrogen and oxygen atoms in total. The highest BCUT2D eigenvalue weighted by atomic mass is 16.6. The van der Waals surface area contributed by atoms with Gasteiger partial charge in [-0.25, -0.2) is 0 Å². The molecule has 0 rings (SSSR count). The van der Waals surface area contributed by atoms with Gasteiger partial charge >= 0.3 is 11.9 Å². The smallest absolute Gasteiger partial charge is 0.306 e. The Bertz CT molecular complexity index is 1380. The van der Waals surface area contributed by atoms with E-state index in [1.54, 1.807) is 21.1 Å². The maximum atomic E-state index is 12.7. The first-order valence-corrected chi connectivity index (χ1v) is 20.8. The van der Waals surface area contributed by atoms with Crippen LogP contribution in [-0.2, 0) is 28.6 Å². The van der Waals surface area contributed by atoms with Crippen molar-refractivity contribution in [3.05, 3.63) is 134 Å². The summed E-state index contributed by atoms with van der Waals surface area (Å²) < 4.78 is 17.0. The maximum absolute atomic E-state index is 12.7. The summed E-state index contributed by atoms with van der Waals surface area (Å²) in [5.74, 6) is -1.93. The van der Waals surface area contributed by atoms with Crippen molar-refractivity contribution in [2.45, 2.75) is 116 Å². The molecule has 8 heteroatoms. The molecule has 0 bridgehead atoms. The molecule has 0 radical (unpaired) electrons. The highest BCUT2D eigenvalue weighted by molar-refractivity contribution is 5.70. The van der Waals surface area contributed by atoms with Gasteiger partial charge in [-0.15, -0.1) is 0 Å². The Morgan fingerprint density at radius 3 is 1.58 bits per heavy atom. The van der Waals surface area contributed by atoms with Crippen molar-refractivity contribution in [3.8, 4) is 0 Å². The second-order valence-electron chi connectivity index (χ2n) is 14.3. The third-order valence-electron chi connectivity index (χ3n) is 8.21. The van der Waals surface area contributed by atoms with Crippen molar-refractivity contribution in [2.75, 3.05) is 41.0 Å². The zero-order chi connectivity index (χ0) is 42.1. The molecule has 0 heterocycles. The van der Waals surface area contributed by atoms with E-state index in [9.17, 15) is 19.5 Å². The van der Waals surface area contributed by atoms with E-state index in [4.69, 9.17) is 14.2 Å². The minimum Gasteiger partial charge on any atom is -0.544 e. The molecule has 0 aromatic heterocycles. The quantitative estimate of drug-likeness (QED) is 0.0210. The van der Waals surface area contributed by atoms with Crippen LogP contribution >= 0.6 is 0 Å². The van der Waals surface area contributed by atoms with Crippen LogP contribution in [0.3, 0.4) is 0 Å². The number of quaternary nitrogens is 1. The summed E-state index contributed by atoms with van der Waals surface area (Å²) in [6.07, 6.45) is 54.9. The molecule has 0 N–H and O–H groups in total. The molecule has 316 valence electrons. The highest BCUT2D eigenvalue weighted by Crippen LogP contribution is 2.10. The van der Waals surface area contributed by atoms with E-state index >= 15 is 0 Å². The normalized spacial score (nSPS) is 14.3.